The number of aliphatic carboxylic acids is 1. The van der Waals surface area contributed by atoms with E-state index in [1.165, 1.54) is 12.1 Å². The molecule has 6 nitrogen and oxygen atoms in total. The second-order valence-electron chi connectivity index (χ2n) is 3.77. The molecule has 5 N–H and O–H groups in total. The molecular weight excluding hydrogens is 244 g/mol. The predicted molar refractivity (Wildman–Crippen MR) is 63.3 cm³/mol. The Hall–Kier alpha value is -1.60. The van der Waals surface area contributed by atoms with Gasteiger partial charge in [-0.05, 0) is 24.6 Å². The molecule has 0 spiro atoms. The molecule has 0 saturated heterocycles. The first-order chi connectivity index (χ1) is 7.74. The van der Waals surface area contributed by atoms with E-state index in [4.69, 9.17) is 16.6 Å². The van der Waals surface area contributed by atoms with Gasteiger partial charge in [0.25, 0.3) is 0 Å². The van der Waals surface area contributed by atoms with E-state index >= 15 is 0 Å². The summed E-state index contributed by atoms with van der Waals surface area (Å²) in [4.78, 5) is 10.5. The molecule has 0 aromatic heterocycles. The summed E-state index contributed by atoms with van der Waals surface area (Å²) in [5, 5.41) is 8.60. The molecule has 1 aromatic carbocycles. The molecule has 1 atom stereocenters. The lowest BCUT2D eigenvalue weighted by molar-refractivity contribution is -0.137. The van der Waals surface area contributed by atoms with Gasteiger partial charge in [-0.2, -0.15) is 0 Å². The molecule has 0 amide bonds. The largest absolute Gasteiger partial charge is 0.480 e. The molecule has 0 radical (unpaired) electrons. The Morgan fingerprint density at radius 3 is 2.59 bits per heavy atom. The number of hydrogen-bond acceptors (Lipinski definition) is 5. The van der Waals surface area contributed by atoms with Crippen molar-refractivity contribution in [1.29, 1.82) is 0 Å². The van der Waals surface area contributed by atoms with Crippen LogP contribution in [-0.2, 0) is 14.6 Å². The fourth-order valence-electron chi connectivity index (χ4n) is 1.31. The van der Waals surface area contributed by atoms with Crippen molar-refractivity contribution in [1.82, 2.24) is 0 Å². The average molecular weight is 258 g/mol. The summed E-state index contributed by atoms with van der Waals surface area (Å²) < 4.78 is 23.8. The number of nitrogen functional groups attached to an aromatic ring is 1. The van der Waals surface area contributed by atoms with Crippen LogP contribution in [0.3, 0.4) is 0 Å². The van der Waals surface area contributed by atoms with Gasteiger partial charge in [-0.15, -0.1) is 0 Å². The van der Waals surface area contributed by atoms with E-state index in [9.17, 15) is 13.2 Å². The first-order valence-corrected chi connectivity index (χ1v) is 6.46. The Balaban J connectivity index is 3.13. The Morgan fingerprint density at radius 2 is 2.06 bits per heavy atom. The highest BCUT2D eigenvalue weighted by molar-refractivity contribution is 7.91. The minimum atomic E-state index is -3.79. The van der Waals surface area contributed by atoms with Crippen LogP contribution < -0.4 is 11.5 Å². The number of nitrogens with two attached hydrogens (primary N) is 2. The lowest BCUT2D eigenvalue weighted by Crippen LogP contribution is -2.37. The number of benzene rings is 1. The maximum absolute atomic E-state index is 11.9. The number of aryl methyl sites for hydroxylation is 1. The Labute approximate surface area is 99.2 Å². The monoisotopic (exact) mass is 258 g/mol. The number of carboxylic acid groups (broad SMARTS) is 1. The summed E-state index contributed by atoms with van der Waals surface area (Å²) >= 11 is 0. The third-order valence-corrected chi connectivity index (χ3v) is 4.04. The van der Waals surface area contributed by atoms with E-state index in [1.54, 1.807) is 13.0 Å². The van der Waals surface area contributed by atoms with Crippen molar-refractivity contribution in [3.63, 3.8) is 0 Å². The molecule has 17 heavy (non-hydrogen) atoms. The van der Waals surface area contributed by atoms with Crippen molar-refractivity contribution in [2.75, 3.05) is 11.5 Å². The molecule has 0 aliphatic heterocycles. The third-order valence-electron chi connectivity index (χ3n) is 2.22. The van der Waals surface area contributed by atoms with Crippen LogP contribution in [0.4, 0.5) is 5.69 Å². The van der Waals surface area contributed by atoms with E-state index in [0.717, 1.165) is 5.56 Å². The van der Waals surface area contributed by atoms with Crippen LogP contribution in [0.5, 0.6) is 0 Å². The average Bonchev–Trinajstić information content (AvgIpc) is 2.20. The molecule has 7 heteroatoms. The van der Waals surface area contributed by atoms with Crippen LogP contribution in [0.1, 0.15) is 5.56 Å². The minimum Gasteiger partial charge on any atom is -0.480 e. The number of rotatable bonds is 4. The second-order valence-corrected chi connectivity index (χ2v) is 5.77. The van der Waals surface area contributed by atoms with E-state index in [-0.39, 0.29) is 10.6 Å². The lowest BCUT2D eigenvalue weighted by atomic mass is 10.2. The van der Waals surface area contributed by atoms with Gasteiger partial charge in [-0.25, -0.2) is 8.42 Å². The molecular formula is C10H14N2O4S. The minimum absolute atomic E-state index is 0.0748. The number of anilines is 1. The zero-order valence-electron chi connectivity index (χ0n) is 9.25. The van der Waals surface area contributed by atoms with Crippen molar-refractivity contribution in [3.8, 4) is 0 Å². The first-order valence-electron chi connectivity index (χ1n) is 4.81. The highest BCUT2D eigenvalue weighted by Gasteiger charge is 2.25. The number of carbonyl (C=O) groups is 1. The molecule has 0 saturated carbocycles. The molecule has 0 aliphatic rings. The Kier molecular flexibility index (Phi) is 3.74. The first kappa shape index (κ1) is 13.5. The molecule has 0 fully saturated rings. The fraction of sp³-hybridized carbons (Fsp3) is 0.300. The Morgan fingerprint density at radius 1 is 1.47 bits per heavy atom. The number of hydrogen-bond donors (Lipinski definition) is 3. The van der Waals surface area contributed by atoms with Gasteiger partial charge in [0.1, 0.15) is 6.04 Å². The molecule has 1 aromatic rings. The molecule has 0 heterocycles. The maximum atomic E-state index is 11.9. The zero-order chi connectivity index (χ0) is 13.2. The van der Waals surface area contributed by atoms with Crippen molar-refractivity contribution >= 4 is 21.5 Å². The summed E-state index contributed by atoms with van der Waals surface area (Å²) in [6, 6.07) is 3.08. The normalized spacial score (nSPS) is 13.3. The Bertz CT molecular complexity index is 539. The SMILES string of the molecule is Cc1ccc(N)c(S(=O)(=O)C[C@H](N)C(=O)O)c1. The molecule has 0 unspecified atom stereocenters. The lowest BCUT2D eigenvalue weighted by Gasteiger charge is -2.10. The van der Waals surface area contributed by atoms with Gasteiger partial charge in [0.2, 0.25) is 0 Å². The van der Waals surface area contributed by atoms with E-state index in [1.807, 2.05) is 0 Å². The predicted octanol–water partition coefficient (Wildman–Crippen LogP) is -0.237. The highest BCUT2D eigenvalue weighted by Crippen LogP contribution is 2.21. The summed E-state index contributed by atoms with van der Waals surface area (Å²) in [6.45, 7) is 1.72. The van der Waals surface area contributed by atoms with Crippen molar-refractivity contribution < 1.29 is 18.3 Å². The zero-order valence-corrected chi connectivity index (χ0v) is 10.1. The van der Waals surface area contributed by atoms with Gasteiger partial charge >= 0.3 is 5.97 Å². The highest BCUT2D eigenvalue weighted by atomic mass is 32.2. The third kappa shape index (κ3) is 3.18. The summed E-state index contributed by atoms with van der Waals surface area (Å²) in [7, 11) is -3.79. The van der Waals surface area contributed by atoms with Crippen LogP contribution in [0.25, 0.3) is 0 Å². The summed E-state index contributed by atoms with van der Waals surface area (Å²) in [5.41, 5.74) is 11.6. The van der Waals surface area contributed by atoms with Gasteiger partial charge in [-0.1, -0.05) is 6.07 Å². The quantitative estimate of drug-likeness (QED) is 0.640. The van der Waals surface area contributed by atoms with Gasteiger partial charge in [0, 0.05) is 0 Å². The van der Waals surface area contributed by atoms with E-state index < -0.39 is 27.6 Å². The van der Waals surface area contributed by atoms with E-state index in [2.05, 4.69) is 0 Å². The van der Waals surface area contributed by atoms with Crippen molar-refractivity contribution in [2.24, 2.45) is 5.73 Å². The summed E-state index contributed by atoms with van der Waals surface area (Å²) in [5.74, 6) is -2.03. The molecule has 0 bridgehead atoms. The van der Waals surface area contributed by atoms with Crippen LogP contribution in [0.2, 0.25) is 0 Å². The smallest absolute Gasteiger partial charge is 0.321 e. The van der Waals surface area contributed by atoms with Crippen molar-refractivity contribution in [2.45, 2.75) is 17.9 Å². The van der Waals surface area contributed by atoms with Gasteiger partial charge in [0.05, 0.1) is 16.3 Å². The van der Waals surface area contributed by atoms with Crippen LogP contribution >= 0.6 is 0 Å². The van der Waals surface area contributed by atoms with Crippen LogP contribution in [0, 0.1) is 6.92 Å². The molecule has 1 rings (SSSR count). The van der Waals surface area contributed by atoms with E-state index in [0.29, 0.717) is 0 Å². The van der Waals surface area contributed by atoms with Gasteiger partial charge in [0.15, 0.2) is 9.84 Å². The molecule has 94 valence electrons. The maximum Gasteiger partial charge on any atom is 0.321 e. The van der Waals surface area contributed by atoms with Gasteiger partial charge in [-0.3, -0.25) is 4.79 Å². The van der Waals surface area contributed by atoms with Crippen LogP contribution in [-0.4, -0.2) is 31.3 Å². The van der Waals surface area contributed by atoms with Crippen molar-refractivity contribution in [3.05, 3.63) is 23.8 Å². The van der Waals surface area contributed by atoms with Crippen LogP contribution in [0.15, 0.2) is 23.1 Å². The van der Waals surface area contributed by atoms with Gasteiger partial charge < -0.3 is 16.6 Å². The number of carboxylic acids is 1. The molecule has 0 aliphatic carbocycles. The fourth-order valence-corrected chi connectivity index (χ4v) is 2.90. The standard InChI is InChI=1S/C10H14N2O4S/c1-6-2-3-7(11)9(4-6)17(15,16)5-8(12)10(13)14/h2-4,8H,5,11-12H2,1H3,(H,13,14)/t8-/m0/s1. The summed E-state index contributed by atoms with van der Waals surface area (Å²) in [6.07, 6.45) is 0. The topological polar surface area (TPSA) is 123 Å². The number of sulfone groups is 1. The second kappa shape index (κ2) is 4.72.